The summed E-state index contributed by atoms with van der Waals surface area (Å²) >= 11 is 0. The first-order valence-electron chi connectivity index (χ1n) is 7.83. The number of nitrogens with two attached hydrogens (primary N) is 1. The zero-order valence-corrected chi connectivity index (χ0v) is 12.3. The van der Waals surface area contributed by atoms with Crippen molar-refractivity contribution < 1.29 is 4.79 Å². The average Bonchev–Trinajstić information content (AvgIpc) is 2.70. The molecule has 1 aliphatic rings. The van der Waals surface area contributed by atoms with Crippen LogP contribution in [0.3, 0.4) is 0 Å². The van der Waals surface area contributed by atoms with Gasteiger partial charge in [-0.05, 0) is 24.8 Å². The molecule has 3 atom stereocenters. The molecular weight excluding hydrogens is 248 g/mol. The van der Waals surface area contributed by atoms with Crippen molar-refractivity contribution in [2.24, 2.45) is 11.7 Å². The normalized spacial score (nSPS) is 24.7. The summed E-state index contributed by atoms with van der Waals surface area (Å²) in [4.78, 5) is 12.5. The second kappa shape index (κ2) is 7.44. The Hall–Kier alpha value is -1.35. The van der Waals surface area contributed by atoms with Gasteiger partial charge in [-0.25, -0.2) is 0 Å². The van der Waals surface area contributed by atoms with Gasteiger partial charge in [0.2, 0.25) is 5.91 Å². The van der Waals surface area contributed by atoms with E-state index in [1.54, 1.807) is 0 Å². The zero-order chi connectivity index (χ0) is 14.4. The molecule has 110 valence electrons. The van der Waals surface area contributed by atoms with Crippen molar-refractivity contribution >= 4 is 5.91 Å². The first-order chi connectivity index (χ1) is 9.72. The maximum Gasteiger partial charge on any atom is 0.225 e. The molecule has 0 saturated heterocycles. The van der Waals surface area contributed by atoms with Crippen LogP contribution < -0.4 is 11.1 Å². The number of carbonyl (C=O) groups is 1. The zero-order valence-electron chi connectivity index (χ0n) is 12.3. The fraction of sp³-hybridized carbons (Fsp3) is 0.588. The molecule has 0 aliphatic heterocycles. The van der Waals surface area contributed by atoms with E-state index in [2.05, 4.69) is 24.4 Å². The summed E-state index contributed by atoms with van der Waals surface area (Å²) in [5.74, 6) is 0.116. The number of hydrogen-bond acceptors (Lipinski definition) is 2. The van der Waals surface area contributed by atoms with Crippen molar-refractivity contribution in [3.63, 3.8) is 0 Å². The van der Waals surface area contributed by atoms with E-state index in [1.165, 1.54) is 12.0 Å². The van der Waals surface area contributed by atoms with Crippen LogP contribution in [0.25, 0.3) is 0 Å². The van der Waals surface area contributed by atoms with Gasteiger partial charge in [-0.1, -0.05) is 56.5 Å². The molecule has 0 radical (unpaired) electrons. The van der Waals surface area contributed by atoms with Gasteiger partial charge in [-0.2, -0.15) is 0 Å². The van der Waals surface area contributed by atoms with Gasteiger partial charge < -0.3 is 11.1 Å². The minimum absolute atomic E-state index is 0.0183. The van der Waals surface area contributed by atoms with Gasteiger partial charge in [0, 0.05) is 6.04 Å². The molecule has 0 heterocycles. The second-order valence-corrected chi connectivity index (χ2v) is 5.79. The lowest BCUT2D eigenvalue weighted by molar-refractivity contribution is -0.126. The second-order valence-electron chi connectivity index (χ2n) is 5.79. The highest BCUT2D eigenvalue weighted by molar-refractivity contribution is 5.79. The molecule has 0 aromatic heterocycles. The Morgan fingerprint density at radius 1 is 1.25 bits per heavy atom. The highest BCUT2D eigenvalue weighted by Gasteiger charge is 2.28. The summed E-state index contributed by atoms with van der Waals surface area (Å²) < 4.78 is 0. The molecule has 3 nitrogen and oxygen atoms in total. The van der Waals surface area contributed by atoms with Crippen molar-refractivity contribution in [3.8, 4) is 0 Å². The van der Waals surface area contributed by atoms with Gasteiger partial charge in [0.1, 0.15) is 0 Å². The lowest BCUT2D eigenvalue weighted by Crippen LogP contribution is -2.42. The van der Waals surface area contributed by atoms with Crippen molar-refractivity contribution in [1.82, 2.24) is 5.32 Å². The maximum atomic E-state index is 12.5. The third-order valence-electron chi connectivity index (χ3n) is 4.33. The molecule has 3 unspecified atom stereocenters. The standard InChI is InChI=1S/C17H26N2O/c1-2-16(13-9-5-3-6-10-13)19-17(20)14-11-7-4-8-12-15(14)18/h3,5-6,9-10,14-16H,2,4,7-8,11-12,18H2,1H3,(H,19,20). The van der Waals surface area contributed by atoms with Crippen LogP contribution in [0.2, 0.25) is 0 Å². The third kappa shape index (κ3) is 3.83. The Bertz CT molecular complexity index is 418. The largest absolute Gasteiger partial charge is 0.349 e. The van der Waals surface area contributed by atoms with Crippen LogP contribution in [-0.4, -0.2) is 11.9 Å². The van der Waals surface area contributed by atoms with E-state index < -0.39 is 0 Å². The molecule has 1 amide bonds. The predicted molar refractivity (Wildman–Crippen MR) is 82.2 cm³/mol. The van der Waals surface area contributed by atoms with Crippen molar-refractivity contribution in [3.05, 3.63) is 35.9 Å². The molecule has 1 aromatic rings. The molecule has 3 N–H and O–H groups in total. The third-order valence-corrected chi connectivity index (χ3v) is 4.33. The number of hydrogen-bond donors (Lipinski definition) is 2. The number of carbonyl (C=O) groups excluding carboxylic acids is 1. The van der Waals surface area contributed by atoms with Crippen LogP contribution in [0.5, 0.6) is 0 Å². The van der Waals surface area contributed by atoms with E-state index in [0.717, 1.165) is 32.1 Å². The lowest BCUT2D eigenvalue weighted by atomic mass is 9.93. The van der Waals surface area contributed by atoms with Gasteiger partial charge in [0.15, 0.2) is 0 Å². The van der Waals surface area contributed by atoms with Crippen molar-refractivity contribution in [2.75, 3.05) is 0 Å². The average molecular weight is 274 g/mol. The van der Waals surface area contributed by atoms with Crippen LogP contribution in [0.1, 0.15) is 57.1 Å². The minimum atomic E-state index is -0.0183. The van der Waals surface area contributed by atoms with Crippen molar-refractivity contribution in [1.29, 1.82) is 0 Å². The fourth-order valence-electron chi connectivity index (χ4n) is 3.05. The molecule has 1 saturated carbocycles. The van der Waals surface area contributed by atoms with Crippen LogP contribution in [-0.2, 0) is 4.79 Å². The highest BCUT2D eigenvalue weighted by atomic mass is 16.2. The number of nitrogens with one attached hydrogen (secondary N) is 1. The van der Waals surface area contributed by atoms with Crippen LogP contribution >= 0.6 is 0 Å². The number of benzene rings is 1. The van der Waals surface area contributed by atoms with E-state index in [0.29, 0.717) is 0 Å². The van der Waals surface area contributed by atoms with Gasteiger partial charge >= 0.3 is 0 Å². The lowest BCUT2D eigenvalue weighted by Gasteiger charge is -2.24. The Balaban J connectivity index is 2.01. The predicted octanol–water partition coefficient (Wildman–Crippen LogP) is 3.16. The molecule has 0 bridgehead atoms. The van der Waals surface area contributed by atoms with Crippen molar-refractivity contribution in [2.45, 2.75) is 57.5 Å². The SMILES string of the molecule is CCC(NC(=O)C1CCCCCC1N)c1ccccc1. The quantitative estimate of drug-likeness (QED) is 0.829. The molecule has 0 spiro atoms. The summed E-state index contributed by atoms with van der Waals surface area (Å²) in [6.07, 6.45) is 6.28. The summed E-state index contributed by atoms with van der Waals surface area (Å²) in [6, 6.07) is 10.3. The Kier molecular flexibility index (Phi) is 5.60. The number of rotatable bonds is 4. The monoisotopic (exact) mass is 274 g/mol. The molecule has 1 aromatic carbocycles. The molecular formula is C17H26N2O. The van der Waals surface area contributed by atoms with E-state index in [4.69, 9.17) is 5.73 Å². The van der Waals surface area contributed by atoms with Gasteiger partial charge in [0.05, 0.1) is 12.0 Å². The molecule has 3 heteroatoms. The van der Waals surface area contributed by atoms with E-state index in [9.17, 15) is 4.79 Å². The highest BCUT2D eigenvalue weighted by Crippen LogP contribution is 2.24. The Labute approximate surface area is 121 Å². The summed E-state index contributed by atoms with van der Waals surface area (Å²) in [5, 5.41) is 3.19. The fourth-order valence-corrected chi connectivity index (χ4v) is 3.05. The minimum Gasteiger partial charge on any atom is -0.349 e. The van der Waals surface area contributed by atoms with E-state index in [1.807, 2.05) is 18.2 Å². The Morgan fingerprint density at radius 2 is 1.95 bits per heavy atom. The number of amides is 1. The van der Waals surface area contributed by atoms with Crippen LogP contribution in [0.4, 0.5) is 0 Å². The van der Waals surface area contributed by atoms with Gasteiger partial charge in [0.25, 0.3) is 0 Å². The Morgan fingerprint density at radius 3 is 2.65 bits per heavy atom. The van der Waals surface area contributed by atoms with Crippen LogP contribution in [0, 0.1) is 5.92 Å². The summed E-state index contributed by atoms with van der Waals surface area (Å²) in [6.45, 7) is 2.10. The molecule has 20 heavy (non-hydrogen) atoms. The smallest absolute Gasteiger partial charge is 0.225 e. The topological polar surface area (TPSA) is 55.1 Å². The van der Waals surface area contributed by atoms with E-state index in [-0.39, 0.29) is 23.9 Å². The van der Waals surface area contributed by atoms with Gasteiger partial charge in [-0.3, -0.25) is 4.79 Å². The molecule has 2 rings (SSSR count). The first-order valence-corrected chi connectivity index (χ1v) is 7.83. The molecule has 1 fully saturated rings. The summed E-state index contributed by atoms with van der Waals surface area (Å²) in [5.41, 5.74) is 7.35. The van der Waals surface area contributed by atoms with Gasteiger partial charge in [-0.15, -0.1) is 0 Å². The summed E-state index contributed by atoms with van der Waals surface area (Å²) in [7, 11) is 0. The maximum absolute atomic E-state index is 12.5. The molecule has 1 aliphatic carbocycles. The van der Waals surface area contributed by atoms with Crippen LogP contribution in [0.15, 0.2) is 30.3 Å². The first kappa shape index (κ1) is 15.0. The van der Waals surface area contributed by atoms with E-state index >= 15 is 0 Å².